The molecule has 0 saturated heterocycles. The zero-order valence-electron chi connectivity index (χ0n) is 13.0. The Morgan fingerprint density at radius 1 is 1.43 bits per heavy atom. The average Bonchev–Trinajstić information content (AvgIpc) is 2.90. The number of fused-ring (bicyclic) bond motifs is 1. The molecule has 5 N–H and O–H groups in total. The second-order valence-corrected chi connectivity index (χ2v) is 6.90. The van der Waals surface area contributed by atoms with Crippen LogP contribution < -0.4 is 11.5 Å². The first-order valence-electron chi connectivity index (χ1n) is 7.69. The van der Waals surface area contributed by atoms with E-state index in [0.29, 0.717) is 18.0 Å². The summed E-state index contributed by atoms with van der Waals surface area (Å²) in [5.74, 6) is -0.944. The lowest BCUT2D eigenvalue weighted by Crippen LogP contribution is -2.40. The average molecular weight is 331 g/mol. The molecule has 0 radical (unpaired) electrons. The number of thiophene rings is 1. The van der Waals surface area contributed by atoms with Gasteiger partial charge in [-0.15, -0.1) is 11.3 Å². The van der Waals surface area contributed by atoms with E-state index in [1.807, 2.05) is 18.2 Å². The van der Waals surface area contributed by atoms with Gasteiger partial charge in [0.1, 0.15) is 5.00 Å². The molecule has 1 aliphatic heterocycles. The number of anilines is 1. The molecule has 2 heterocycles. The number of benzene rings is 1. The van der Waals surface area contributed by atoms with Gasteiger partial charge in [-0.25, -0.2) is 4.79 Å². The van der Waals surface area contributed by atoms with Crippen molar-refractivity contribution < 1.29 is 9.90 Å². The smallest absolute Gasteiger partial charge is 0.338 e. The Labute approximate surface area is 139 Å². The summed E-state index contributed by atoms with van der Waals surface area (Å²) in [6, 6.07) is 10.5. The van der Waals surface area contributed by atoms with E-state index in [4.69, 9.17) is 11.5 Å². The summed E-state index contributed by atoms with van der Waals surface area (Å²) >= 11 is 1.37. The molecule has 6 heteroatoms. The van der Waals surface area contributed by atoms with E-state index in [1.165, 1.54) is 16.9 Å². The van der Waals surface area contributed by atoms with Crippen LogP contribution in [-0.4, -0.2) is 29.1 Å². The van der Waals surface area contributed by atoms with Crippen LogP contribution in [0.3, 0.4) is 0 Å². The van der Waals surface area contributed by atoms with Crippen molar-refractivity contribution in [1.82, 2.24) is 4.90 Å². The van der Waals surface area contributed by atoms with Crippen LogP contribution in [0, 0.1) is 0 Å². The van der Waals surface area contributed by atoms with Crippen molar-refractivity contribution in [2.45, 2.75) is 25.4 Å². The third-order valence-electron chi connectivity index (χ3n) is 4.61. The Morgan fingerprint density at radius 2 is 2.13 bits per heavy atom. The van der Waals surface area contributed by atoms with Gasteiger partial charge in [0.05, 0.1) is 11.6 Å². The topological polar surface area (TPSA) is 92.6 Å². The zero-order valence-corrected chi connectivity index (χ0v) is 13.8. The number of carboxylic acids is 1. The van der Waals surface area contributed by atoms with Gasteiger partial charge in [-0.05, 0) is 24.5 Å². The highest BCUT2D eigenvalue weighted by molar-refractivity contribution is 7.16. The van der Waals surface area contributed by atoms with Crippen LogP contribution in [0.5, 0.6) is 0 Å². The summed E-state index contributed by atoms with van der Waals surface area (Å²) in [4.78, 5) is 14.8. The van der Waals surface area contributed by atoms with Crippen LogP contribution in [0.25, 0.3) is 0 Å². The number of rotatable bonds is 4. The van der Waals surface area contributed by atoms with Gasteiger partial charge in [-0.2, -0.15) is 0 Å². The minimum absolute atomic E-state index is 0.00866. The lowest BCUT2D eigenvalue weighted by Gasteiger charge is -2.39. The number of aromatic carboxylic acids is 1. The minimum Gasteiger partial charge on any atom is -0.478 e. The molecule has 1 aliphatic rings. The molecule has 1 aromatic carbocycles. The number of hydrogen-bond acceptors (Lipinski definition) is 5. The first-order valence-corrected chi connectivity index (χ1v) is 8.51. The molecule has 23 heavy (non-hydrogen) atoms. The largest absolute Gasteiger partial charge is 0.478 e. The Morgan fingerprint density at radius 3 is 2.74 bits per heavy atom. The first-order chi connectivity index (χ1) is 11.0. The van der Waals surface area contributed by atoms with Gasteiger partial charge in [-0.1, -0.05) is 30.3 Å². The molecular formula is C17H21N3O2S. The fourth-order valence-electron chi connectivity index (χ4n) is 3.43. The van der Waals surface area contributed by atoms with E-state index in [9.17, 15) is 9.90 Å². The van der Waals surface area contributed by atoms with E-state index in [0.717, 1.165) is 17.0 Å². The molecule has 0 fully saturated rings. The highest BCUT2D eigenvalue weighted by atomic mass is 32.1. The molecule has 2 atom stereocenters. The van der Waals surface area contributed by atoms with Crippen LogP contribution >= 0.6 is 11.3 Å². The van der Waals surface area contributed by atoms with E-state index in [2.05, 4.69) is 24.0 Å². The molecule has 2 aromatic rings. The van der Waals surface area contributed by atoms with E-state index in [-0.39, 0.29) is 17.6 Å². The number of carboxylic acid groups (broad SMARTS) is 1. The number of hydrogen-bond donors (Lipinski definition) is 3. The van der Waals surface area contributed by atoms with E-state index < -0.39 is 5.97 Å². The molecule has 0 aliphatic carbocycles. The van der Waals surface area contributed by atoms with Gasteiger partial charge < -0.3 is 16.6 Å². The standard InChI is InChI=1S/C17H21N3O2S/c1-10(11-5-3-2-4-6-11)20-8-7-12-14(17(21)22)16(19)23-15(12)13(20)9-18/h2-6,10,13H,7-9,18-19H2,1H3,(H,21,22)/t10-,13-/m1/s1. The predicted octanol–water partition coefficient (Wildman–Crippen LogP) is 2.65. The summed E-state index contributed by atoms with van der Waals surface area (Å²) in [6.07, 6.45) is 0.693. The molecular weight excluding hydrogens is 310 g/mol. The second-order valence-electron chi connectivity index (χ2n) is 5.82. The maximum Gasteiger partial charge on any atom is 0.338 e. The maximum atomic E-state index is 11.5. The number of nitrogens with zero attached hydrogens (tertiary/aromatic N) is 1. The van der Waals surface area contributed by atoms with Gasteiger partial charge >= 0.3 is 5.97 Å². The van der Waals surface area contributed by atoms with Gasteiger partial charge in [0, 0.05) is 24.0 Å². The van der Waals surface area contributed by atoms with Crippen molar-refractivity contribution in [3.63, 3.8) is 0 Å². The quantitative estimate of drug-likeness (QED) is 0.801. The fourth-order valence-corrected chi connectivity index (χ4v) is 4.68. The van der Waals surface area contributed by atoms with Gasteiger partial charge in [0.15, 0.2) is 0 Å². The summed E-state index contributed by atoms with van der Waals surface area (Å²) < 4.78 is 0. The minimum atomic E-state index is -0.944. The predicted molar refractivity (Wildman–Crippen MR) is 92.8 cm³/mol. The second kappa shape index (κ2) is 6.31. The van der Waals surface area contributed by atoms with Crippen molar-refractivity contribution in [2.75, 3.05) is 18.8 Å². The van der Waals surface area contributed by atoms with Crippen LogP contribution in [0.15, 0.2) is 30.3 Å². The summed E-state index contributed by atoms with van der Waals surface area (Å²) in [6.45, 7) is 3.39. The molecule has 0 spiro atoms. The van der Waals surface area contributed by atoms with Gasteiger partial charge in [-0.3, -0.25) is 4.90 Å². The van der Waals surface area contributed by atoms with Crippen LogP contribution in [0.4, 0.5) is 5.00 Å². The van der Waals surface area contributed by atoms with E-state index in [1.54, 1.807) is 0 Å². The van der Waals surface area contributed by atoms with Crippen molar-refractivity contribution in [3.05, 3.63) is 51.9 Å². The Bertz CT molecular complexity index is 714. The van der Waals surface area contributed by atoms with Crippen molar-refractivity contribution in [1.29, 1.82) is 0 Å². The normalized spacial score (nSPS) is 19.3. The molecule has 5 nitrogen and oxygen atoms in total. The molecule has 3 rings (SSSR count). The van der Waals surface area contributed by atoms with Gasteiger partial charge in [0.25, 0.3) is 0 Å². The third-order valence-corrected chi connectivity index (χ3v) is 5.77. The van der Waals surface area contributed by atoms with Crippen molar-refractivity contribution in [2.24, 2.45) is 5.73 Å². The van der Waals surface area contributed by atoms with Gasteiger partial charge in [0.2, 0.25) is 0 Å². The number of nitrogen functional groups attached to an aromatic ring is 1. The lowest BCUT2D eigenvalue weighted by molar-refractivity contribution is 0.0695. The zero-order chi connectivity index (χ0) is 16.6. The lowest BCUT2D eigenvalue weighted by atomic mass is 9.94. The highest BCUT2D eigenvalue weighted by Gasteiger charge is 2.35. The SMILES string of the molecule is C[C@H](c1ccccc1)N1CCc2c(sc(N)c2C(=O)O)[C@H]1CN. The van der Waals surface area contributed by atoms with E-state index >= 15 is 0 Å². The Kier molecular flexibility index (Phi) is 4.39. The van der Waals surface area contributed by atoms with Crippen LogP contribution in [-0.2, 0) is 6.42 Å². The Balaban J connectivity index is 1.98. The Hall–Kier alpha value is -1.89. The maximum absolute atomic E-state index is 11.5. The van der Waals surface area contributed by atoms with Crippen LogP contribution in [0.1, 0.15) is 45.4 Å². The summed E-state index contributed by atoms with van der Waals surface area (Å²) in [5, 5.41) is 9.79. The third kappa shape index (κ3) is 2.73. The molecule has 1 aromatic heterocycles. The fraction of sp³-hybridized carbons (Fsp3) is 0.353. The molecule has 0 saturated carbocycles. The monoisotopic (exact) mass is 331 g/mol. The highest BCUT2D eigenvalue weighted by Crippen LogP contribution is 2.43. The van der Waals surface area contributed by atoms with Crippen LogP contribution in [0.2, 0.25) is 0 Å². The molecule has 122 valence electrons. The number of nitrogens with two attached hydrogens (primary N) is 2. The number of carbonyl (C=O) groups is 1. The van der Waals surface area contributed by atoms with Crippen molar-refractivity contribution in [3.8, 4) is 0 Å². The summed E-state index contributed by atoms with van der Waals surface area (Å²) in [7, 11) is 0. The van der Waals surface area contributed by atoms with Crippen molar-refractivity contribution >= 4 is 22.3 Å². The molecule has 0 amide bonds. The molecule has 0 bridgehead atoms. The summed E-state index contributed by atoms with van der Waals surface area (Å²) in [5.41, 5.74) is 14.4. The molecule has 0 unspecified atom stereocenters. The first kappa shape index (κ1) is 16.0.